The van der Waals surface area contributed by atoms with Gasteiger partial charge in [0.05, 0.1) is 6.04 Å². The van der Waals surface area contributed by atoms with E-state index >= 15 is 0 Å². The SMILES string of the molecule is CN(C)C(=O)C(N)C12CC3CC(CC(C3)C1)C2. The molecule has 96 valence electrons. The lowest BCUT2D eigenvalue weighted by Gasteiger charge is -2.58. The van der Waals surface area contributed by atoms with Crippen LogP contribution in [0.5, 0.6) is 0 Å². The molecule has 0 aromatic rings. The maximum Gasteiger partial charge on any atom is 0.239 e. The van der Waals surface area contributed by atoms with Crippen LogP contribution in [0.4, 0.5) is 0 Å². The van der Waals surface area contributed by atoms with Crippen LogP contribution in [-0.2, 0) is 4.79 Å². The van der Waals surface area contributed by atoms with Crippen molar-refractivity contribution in [3.05, 3.63) is 0 Å². The van der Waals surface area contributed by atoms with Gasteiger partial charge >= 0.3 is 0 Å². The number of amides is 1. The molecule has 4 rings (SSSR count). The van der Waals surface area contributed by atoms with Crippen LogP contribution in [0, 0.1) is 23.2 Å². The molecule has 4 aliphatic carbocycles. The van der Waals surface area contributed by atoms with E-state index in [0.29, 0.717) is 0 Å². The molecule has 3 nitrogen and oxygen atoms in total. The van der Waals surface area contributed by atoms with E-state index in [4.69, 9.17) is 5.73 Å². The molecule has 4 fully saturated rings. The molecule has 2 N–H and O–H groups in total. The summed E-state index contributed by atoms with van der Waals surface area (Å²) < 4.78 is 0. The lowest BCUT2D eigenvalue weighted by molar-refractivity contribution is -0.140. The predicted molar refractivity (Wildman–Crippen MR) is 67.3 cm³/mol. The Balaban J connectivity index is 1.84. The van der Waals surface area contributed by atoms with Crippen molar-refractivity contribution < 1.29 is 4.79 Å². The van der Waals surface area contributed by atoms with Crippen molar-refractivity contribution in [3.63, 3.8) is 0 Å². The van der Waals surface area contributed by atoms with Crippen LogP contribution in [-0.4, -0.2) is 30.9 Å². The molecule has 1 unspecified atom stereocenters. The number of rotatable bonds is 2. The Morgan fingerprint density at radius 3 is 1.88 bits per heavy atom. The fourth-order valence-corrected chi connectivity index (χ4v) is 5.10. The molecule has 4 saturated carbocycles. The van der Waals surface area contributed by atoms with E-state index in [1.807, 2.05) is 14.1 Å². The van der Waals surface area contributed by atoms with Gasteiger partial charge in [-0.25, -0.2) is 0 Å². The van der Waals surface area contributed by atoms with Gasteiger partial charge in [0.15, 0.2) is 0 Å². The Kier molecular flexibility index (Phi) is 2.51. The van der Waals surface area contributed by atoms with Crippen molar-refractivity contribution in [2.75, 3.05) is 14.1 Å². The lowest BCUT2D eigenvalue weighted by atomic mass is 9.47. The van der Waals surface area contributed by atoms with E-state index in [9.17, 15) is 4.79 Å². The molecule has 0 aromatic carbocycles. The molecular weight excluding hydrogens is 212 g/mol. The van der Waals surface area contributed by atoms with Crippen LogP contribution in [0.2, 0.25) is 0 Å². The summed E-state index contributed by atoms with van der Waals surface area (Å²) in [7, 11) is 3.64. The highest BCUT2D eigenvalue weighted by molar-refractivity contribution is 5.82. The van der Waals surface area contributed by atoms with E-state index in [1.165, 1.54) is 38.5 Å². The van der Waals surface area contributed by atoms with E-state index in [-0.39, 0.29) is 17.4 Å². The van der Waals surface area contributed by atoms with Gasteiger partial charge in [0.2, 0.25) is 5.91 Å². The summed E-state index contributed by atoms with van der Waals surface area (Å²) >= 11 is 0. The Bertz CT molecular complexity index is 302. The van der Waals surface area contributed by atoms with Gasteiger partial charge < -0.3 is 10.6 Å². The van der Waals surface area contributed by atoms with Crippen LogP contribution >= 0.6 is 0 Å². The van der Waals surface area contributed by atoms with E-state index in [0.717, 1.165) is 17.8 Å². The fourth-order valence-electron chi connectivity index (χ4n) is 5.10. The van der Waals surface area contributed by atoms with Gasteiger partial charge in [0.1, 0.15) is 0 Å². The molecule has 1 atom stereocenters. The first-order valence-electron chi connectivity index (χ1n) is 6.97. The van der Waals surface area contributed by atoms with Crippen molar-refractivity contribution in [2.24, 2.45) is 28.9 Å². The molecule has 0 aromatic heterocycles. The highest BCUT2D eigenvalue weighted by atomic mass is 16.2. The van der Waals surface area contributed by atoms with Crippen LogP contribution in [0.3, 0.4) is 0 Å². The molecule has 0 heterocycles. The Morgan fingerprint density at radius 1 is 1.12 bits per heavy atom. The van der Waals surface area contributed by atoms with Crippen molar-refractivity contribution >= 4 is 5.91 Å². The van der Waals surface area contributed by atoms with Crippen LogP contribution in [0.25, 0.3) is 0 Å². The summed E-state index contributed by atoms with van der Waals surface area (Å²) in [5, 5.41) is 0. The molecule has 0 aliphatic heterocycles. The van der Waals surface area contributed by atoms with Gasteiger partial charge in [-0.15, -0.1) is 0 Å². The maximum absolute atomic E-state index is 12.2. The predicted octanol–water partition coefficient (Wildman–Crippen LogP) is 1.62. The second-order valence-electron chi connectivity index (χ2n) is 6.99. The van der Waals surface area contributed by atoms with Crippen molar-refractivity contribution in [1.82, 2.24) is 4.90 Å². The Labute approximate surface area is 104 Å². The molecule has 4 aliphatic rings. The second-order valence-corrected chi connectivity index (χ2v) is 6.99. The molecular formula is C14H24N2O. The molecule has 0 radical (unpaired) electrons. The Morgan fingerprint density at radius 2 is 1.53 bits per heavy atom. The van der Waals surface area contributed by atoms with E-state index in [2.05, 4.69) is 0 Å². The second kappa shape index (κ2) is 3.71. The first-order chi connectivity index (χ1) is 8.00. The van der Waals surface area contributed by atoms with Gasteiger partial charge in [-0.2, -0.15) is 0 Å². The third-order valence-electron chi connectivity index (χ3n) is 5.45. The number of hydrogen-bond donors (Lipinski definition) is 1. The van der Waals surface area contributed by atoms with Crippen LogP contribution in [0.15, 0.2) is 0 Å². The minimum atomic E-state index is -0.258. The number of likely N-dealkylation sites (N-methyl/N-ethyl adjacent to an activating group) is 1. The van der Waals surface area contributed by atoms with Gasteiger partial charge in [-0.05, 0) is 61.7 Å². The highest BCUT2D eigenvalue weighted by Crippen LogP contribution is 2.61. The number of carbonyl (C=O) groups is 1. The van der Waals surface area contributed by atoms with E-state index in [1.54, 1.807) is 4.90 Å². The van der Waals surface area contributed by atoms with Crippen molar-refractivity contribution in [3.8, 4) is 0 Å². The third kappa shape index (κ3) is 1.70. The summed E-state index contributed by atoms with van der Waals surface area (Å²) in [6.07, 6.45) is 7.84. The lowest BCUT2D eigenvalue weighted by Crippen LogP contribution is -2.59. The summed E-state index contributed by atoms with van der Waals surface area (Å²) in [6.45, 7) is 0. The minimum absolute atomic E-state index is 0.131. The molecule has 3 heteroatoms. The topological polar surface area (TPSA) is 46.3 Å². The van der Waals surface area contributed by atoms with Gasteiger partial charge in [-0.3, -0.25) is 4.79 Å². The molecule has 17 heavy (non-hydrogen) atoms. The zero-order valence-electron chi connectivity index (χ0n) is 11.0. The summed E-state index contributed by atoms with van der Waals surface area (Å²) in [5.74, 6) is 2.72. The summed E-state index contributed by atoms with van der Waals surface area (Å²) in [5.41, 5.74) is 6.47. The Hall–Kier alpha value is -0.570. The van der Waals surface area contributed by atoms with Crippen LogP contribution in [0.1, 0.15) is 38.5 Å². The quantitative estimate of drug-likeness (QED) is 0.792. The van der Waals surface area contributed by atoms with Crippen LogP contribution < -0.4 is 5.73 Å². The number of nitrogens with zero attached hydrogens (tertiary/aromatic N) is 1. The first-order valence-corrected chi connectivity index (χ1v) is 6.97. The molecule has 0 spiro atoms. The minimum Gasteiger partial charge on any atom is -0.347 e. The molecule has 0 saturated heterocycles. The average Bonchev–Trinajstić information content (AvgIpc) is 2.25. The van der Waals surface area contributed by atoms with E-state index < -0.39 is 0 Å². The zero-order valence-corrected chi connectivity index (χ0v) is 11.0. The third-order valence-corrected chi connectivity index (χ3v) is 5.45. The maximum atomic E-state index is 12.2. The van der Waals surface area contributed by atoms with Gasteiger partial charge in [0, 0.05) is 14.1 Å². The molecule has 1 amide bonds. The summed E-state index contributed by atoms with van der Waals surface area (Å²) in [6, 6.07) is -0.258. The normalized spacial score (nSPS) is 44.8. The van der Waals surface area contributed by atoms with Gasteiger partial charge in [-0.1, -0.05) is 0 Å². The fraction of sp³-hybridized carbons (Fsp3) is 0.929. The van der Waals surface area contributed by atoms with Crippen molar-refractivity contribution in [1.29, 1.82) is 0 Å². The summed E-state index contributed by atoms with van der Waals surface area (Å²) in [4.78, 5) is 13.8. The molecule has 4 bridgehead atoms. The first kappa shape index (κ1) is 11.5. The zero-order chi connectivity index (χ0) is 12.2. The number of nitrogens with two attached hydrogens (primary N) is 1. The number of carbonyl (C=O) groups excluding carboxylic acids is 1. The largest absolute Gasteiger partial charge is 0.347 e. The standard InChI is InChI=1S/C14H24N2O/c1-16(2)13(17)12(15)14-6-9-3-10(7-14)5-11(4-9)8-14/h9-12H,3-8,15H2,1-2H3. The average molecular weight is 236 g/mol. The van der Waals surface area contributed by atoms with Gasteiger partial charge in [0.25, 0.3) is 0 Å². The number of hydrogen-bond acceptors (Lipinski definition) is 2. The highest BCUT2D eigenvalue weighted by Gasteiger charge is 2.55. The van der Waals surface area contributed by atoms with Crippen molar-refractivity contribution in [2.45, 2.75) is 44.6 Å². The monoisotopic (exact) mass is 236 g/mol. The smallest absolute Gasteiger partial charge is 0.239 e.